The number of amides is 1. The van der Waals surface area contributed by atoms with Crippen LogP contribution in [-0.4, -0.2) is 5.91 Å². The molecular weight excluding hydrogens is 238 g/mol. The summed E-state index contributed by atoms with van der Waals surface area (Å²) >= 11 is 0. The summed E-state index contributed by atoms with van der Waals surface area (Å²) in [6.45, 7) is 0.518. The van der Waals surface area contributed by atoms with E-state index < -0.39 is 5.91 Å². The fourth-order valence-electron chi connectivity index (χ4n) is 1.63. The SMILES string of the molecule is NC(=O)/C=C/c1cccc(OCc2ccccc2)c1. The number of ether oxygens (including phenoxy) is 1. The van der Waals surface area contributed by atoms with Gasteiger partial charge in [0.05, 0.1) is 0 Å². The van der Waals surface area contributed by atoms with Crippen LogP contribution in [0.25, 0.3) is 6.08 Å². The molecule has 1 amide bonds. The first-order chi connectivity index (χ1) is 9.24. The molecule has 0 bridgehead atoms. The monoisotopic (exact) mass is 253 g/mol. The van der Waals surface area contributed by atoms with Crippen LogP contribution in [0.5, 0.6) is 5.75 Å². The maximum Gasteiger partial charge on any atom is 0.241 e. The quantitative estimate of drug-likeness (QED) is 0.833. The van der Waals surface area contributed by atoms with Crippen molar-refractivity contribution in [1.29, 1.82) is 0 Å². The lowest BCUT2D eigenvalue weighted by Gasteiger charge is -2.06. The Morgan fingerprint density at radius 2 is 1.89 bits per heavy atom. The van der Waals surface area contributed by atoms with E-state index in [0.29, 0.717) is 6.61 Å². The van der Waals surface area contributed by atoms with Crippen LogP contribution in [0.3, 0.4) is 0 Å². The molecule has 2 aromatic rings. The van der Waals surface area contributed by atoms with Crippen LogP contribution in [-0.2, 0) is 11.4 Å². The van der Waals surface area contributed by atoms with Gasteiger partial charge in [0.2, 0.25) is 5.91 Å². The van der Waals surface area contributed by atoms with E-state index in [0.717, 1.165) is 16.9 Å². The van der Waals surface area contributed by atoms with Crippen molar-refractivity contribution in [2.45, 2.75) is 6.61 Å². The number of carbonyl (C=O) groups is 1. The Morgan fingerprint density at radius 1 is 1.11 bits per heavy atom. The van der Waals surface area contributed by atoms with Crippen LogP contribution in [0.15, 0.2) is 60.7 Å². The summed E-state index contributed by atoms with van der Waals surface area (Å²) in [6.07, 6.45) is 2.99. The van der Waals surface area contributed by atoms with Gasteiger partial charge in [0, 0.05) is 6.08 Å². The molecule has 0 saturated heterocycles. The van der Waals surface area contributed by atoms with Crippen molar-refractivity contribution >= 4 is 12.0 Å². The number of carbonyl (C=O) groups excluding carboxylic acids is 1. The van der Waals surface area contributed by atoms with Crippen LogP contribution in [0.1, 0.15) is 11.1 Å². The Kier molecular flexibility index (Phi) is 4.34. The molecule has 0 spiro atoms. The molecule has 0 fully saturated rings. The highest BCUT2D eigenvalue weighted by Crippen LogP contribution is 2.16. The summed E-state index contributed by atoms with van der Waals surface area (Å²) in [5, 5.41) is 0. The highest BCUT2D eigenvalue weighted by Gasteiger charge is 1.96. The van der Waals surface area contributed by atoms with E-state index >= 15 is 0 Å². The molecule has 2 aromatic carbocycles. The summed E-state index contributed by atoms with van der Waals surface area (Å²) in [4.78, 5) is 10.7. The molecule has 0 aliphatic rings. The summed E-state index contributed by atoms with van der Waals surface area (Å²) < 4.78 is 5.69. The van der Waals surface area contributed by atoms with Gasteiger partial charge in [-0.2, -0.15) is 0 Å². The third kappa shape index (κ3) is 4.32. The zero-order valence-electron chi connectivity index (χ0n) is 10.5. The van der Waals surface area contributed by atoms with Gasteiger partial charge in [0.15, 0.2) is 0 Å². The summed E-state index contributed by atoms with van der Waals surface area (Å²) in [5.74, 6) is 0.297. The molecule has 19 heavy (non-hydrogen) atoms. The van der Waals surface area contributed by atoms with Gasteiger partial charge in [0.1, 0.15) is 12.4 Å². The second kappa shape index (κ2) is 6.40. The number of hydrogen-bond acceptors (Lipinski definition) is 2. The van der Waals surface area contributed by atoms with Crippen LogP contribution in [0.2, 0.25) is 0 Å². The molecule has 0 unspecified atom stereocenters. The molecule has 0 heterocycles. The van der Waals surface area contributed by atoms with Gasteiger partial charge < -0.3 is 10.5 Å². The Hall–Kier alpha value is -2.55. The lowest BCUT2D eigenvalue weighted by Crippen LogP contribution is -2.05. The van der Waals surface area contributed by atoms with Gasteiger partial charge in [0.25, 0.3) is 0 Å². The molecule has 3 nitrogen and oxygen atoms in total. The van der Waals surface area contributed by atoms with Crippen molar-refractivity contribution in [3.63, 3.8) is 0 Å². The van der Waals surface area contributed by atoms with Crippen molar-refractivity contribution in [2.24, 2.45) is 5.73 Å². The Morgan fingerprint density at radius 3 is 2.63 bits per heavy atom. The number of hydrogen-bond donors (Lipinski definition) is 1. The standard InChI is InChI=1S/C16H15NO2/c17-16(18)10-9-13-7-4-8-15(11-13)19-12-14-5-2-1-3-6-14/h1-11H,12H2,(H2,17,18)/b10-9+. The Labute approximate surface area is 112 Å². The van der Waals surface area contributed by atoms with E-state index in [1.54, 1.807) is 6.08 Å². The van der Waals surface area contributed by atoms with Crippen molar-refractivity contribution in [1.82, 2.24) is 0 Å². The summed E-state index contributed by atoms with van der Waals surface area (Å²) in [7, 11) is 0. The van der Waals surface area contributed by atoms with Crippen molar-refractivity contribution in [2.75, 3.05) is 0 Å². The highest BCUT2D eigenvalue weighted by molar-refractivity contribution is 5.90. The van der Waals surface area contributed by atoms with Crippen molar-refractivity contribution in [3.8, 4) is 5.75 Å². The third-order valence-corrected chi connectivity index (χ3v) is 2.55. The second-order valence-electron chi connectivity index (χ2n) is 4.08. The fraction of sp³-hybridized carbons (Fsp3) is 0.0625. The number of benzene rings is 2. The van der Waals surface area contributed by atoms with E-state index in [-0.39, 0.29) is 0 Å². The molecular formula is C16H15NO2. The third-order valence-electron chi connectivity index (χ3n) is 2.55. The Balaban J connectivity index is 2.01. The highest BCUT2D eigenvalue weighted by atomic mass is 16.5. The summed E-state index contributed by atoms with van der Waals surface area (Å²) in [5.41, 5.74) is 7.05. The van der Waals surface area contributed by atoms with E-state index in [4.69, 9.17) is 10.5 Å². The first kappa shape index (κ1) is 12.9. The smallest absolute Gasteiger partial charge is 0.241 e. The first-order valence-corrected chi connectivity index (χ1v) is 5.98. The van der Waals surface area contributed by atoms with Crippen LogP contribution in [0.4, 0.5) is 0 Å². The maximum absolute atomic E-state index is 10.7. The molecule has 3 heteroatoms. The predicted octanol–water partition coefficient (Wildman–Crippen LogP) is 2.76. The minimum absolute atomic E-state index is 0.462. The van der Waals surface area contributed by atoms with Crippen LogP contribution >= 0.6 is 0 Å². The lowest BCUT2D eigenvalue weighted by molar-refractivity contribution is -0.113. The average molecular weight is 253 g/mol. The van der Waals surface area contributed by atoms with E-state index in [1.165, 1.54) is 6.08 Å². The van der Waals surface area contributed by atoms with Gasteiger partial charge in [-0.25, -0.2) is 0 Å². The molecule has 2 rings (SSSR count). The number of rotatable bonds is 5. The first-order valence-electron chi connectivity index (χ1n) is 5.98. The minimum Gasteiger partial charge on any atom is -0.489 e. The molecule has 0 atom stereocenters. The van der Waals surface area contributed by atoms with E-state index in [9.17, 15) is 4.79 Å². The molecule has 0 aliphatic heterocycles. The Bertz CT molecular complexity index is 576. The fourth-order valence-corrected chi connectivity index (χ4v) is 1.63. The van der Waals surface area contributed by atoms with Crippen LogP contribution in [0, 0.1) is 0 Å². The normalized spacial score (nSPS) is 10.5. The molecule has 0 aromatic heterocycles. The van der Waals surface area contributed by atoms with Gasteiger partial charge in [-0.15, -0.1) is 0 Å². The van der Waals surface area contributed by atoms with Crippen molar-refractivity contribution in [3.05, 3.63) is 71.8 Å². The average Bonchev–Trinajstić information content (AvgIpc) is 2.44. The molecule has 0 radical (unpaired) electrons. The maximum atomic E-state index is 10.7. The minimum atomic E-state index is -0.462. The zero-order chi connectivity index (χ0) is 13.5. The van der Waals surface area contributed by atoms with Crippen molar-refractivity contribution < 1.29 is 9.53 Å². The predicted molar refractivity (Wildman–Crippen MR) is 75.4 cm³/mol. The van der Waals surface area contributed by atoms with Crippen LogP contribution < -0.4 is 10.5 Å². The molecule has 2 N–H and O–H groups in total. The van der Waals surface area contributed by atoms with Gasteiger partial charge >= 0.3 is 0 Å². The lowest BCUT2D eigenvalue weighted by atomic mass is 10.2. The van der Waals surface area contributed by atoms with E-state index in [1.807, 2.05) is 54.6 Å². The number of nitrogens with two attached hydrogens (primary N) is 1. The topological polar surface area (TPSA) is 52.3 Å². The molecule has 0 aliphatic carbocycles. The summed E-state index contributed by atoms with van der Waals surface area (Å²) in [6, 6.07) is 17.4. The largest absolute Gasteiger partial charge is 0.489 e. The van der Waals surface area contributed by atoms with Gasteiger partial charge in [-0.1, -0.05) is 42.5 Å². The molecule has 96 valence electrons. The second-order valence-corrected chi connectivity index (χ2v) is 4.08. The van der Waals surface area contributed by atoms with E-state index in [2.05, 4.69) is 0 Å². The molecule has 0 saturated carbocycles. The van der Waals surface area contributed by atoms with Gasteiger partial charge in [-0.05, 0) is 29.3 Å². The number of primary amides is 1. The van der Waals surface area contributed by atoms with Gasteiger partial charge in [-0.3, -0.25) is 4.79 Å². The zero-order valence-corrected chi connectivity index (χ0v) is 10.5.